The van der Waals surface area contributed by atoms with E-state index in [4.69, 9.17) is 46.4 Å². The number of alkyl halides is 4. The number of carbonyl (C=O) groups excluding carboxylic acids is 2. The standard InChI is InChI=1S/C19H27Cl4N3O2S/c1-11(16(20)21)9-14(25(3)15(27)10-12(2)17(22)23)19(28)26-7-4-5-13(26)18-24-6-8-29-18/h6,8,11-14,16-17H,4-5,7,9-10H2,1-3H3/t11-,12+,13+,14-/m1/s1. The highest BCUT2D eigenvalue weighted by molar-refractivity contribution is 7.09. The molecular formula is C19H27Cl4N3O2S. The van der Waals surface area contributed by atoms with Crippen LogP contribution in [0.25, 0.3) is 0 Å². The van der Waals surface area contributed by atoms with Gasteiger partial charge >= 0.3 is 0 Å². The molecule has 5 nitrogen and oxygen atoms in total. The summed E-state index contributed by atoms with van der Waals surface area (Å²) in [5.74, 6) is -0.653. The molecule has 2 amide bonds. The van der Waals surface area contributed by atoms with Crippen molar-refractivity contribution in [3.63, 3.8) is 0 Å². The second-order valence-corrected chi connectivity index (χ2v) is 10.9. The molecule has 1 aliphatic heterocycles. The fourth-order valence-electron chi connectivity index (χ4n) is 3.44. The maximum atomic E-state index is 13.5. The number of aromatic nitrogens is 1. The Bertz CT molecular complexity index is 674. The Hall–Kier alpha value is -0.270. The minimum absolute atomic E-state index is 0.0550. The third-order valence-electron chi connectivity index (χ3n) is 5.37. The van der Waals surface area contributed by atoms with E-state index in [1.54, 1.807) is 24.6 Å². The average Bonchev–Trinajstić information content (AvgIpc) is 3.35. The van der Waals surface area contributed by atoms with Crippen LogP contribution in [-0.2, 0) is 9.59 Å². The van der Waals surface area contributed by atoms with E-state index in [1.807, 2.05) is 24.1 Å². The number of likely N-dealkylation sites (N-methyl/N-ethyl adjacent to an activating group) is 1. The first-order valence-corrected chi connectivity index (χ1v) is 12.3. The molecule has 1 saturated heterocycles. The van der Waals surface area contributed by atoms with Crippen LogP contribution in [0.5, 0.6) is 0 Å². The van der Waals surface area contributed by atoms with Gasteiger partial charge in [-0.15, -0.1) is 57.7 Å². The molecule has 0 unspecified atom stereocenters. The highest BCUT2D eigenvalue weighted by Crippen LogP contribution is 2.35. The molecule has 10 heteroatoms. The van der Waals surface area contributed by atoms with Crippen molar-refractivity contribution >= 4 is 69.6 Å². The quantitative estimate of drug-likeness (QED) is 0.431. The van der Waals surface area contributed by atoms with Gasteiger partial charge in [0.15, 0.2) is 0 Å². The normalized spacial score (nSPS) is 20.2. The molecule has 4 atom stereocenters. The monoisotopic (exact) mass is 501 g/mol. The topological polar surface area (TPSA) is 53.5 Å². The van der Waals surface area contributed by atoms with Gasteiger partial charge in [0.25, 0.3) is 0 Å². The molecule has 0 spiro atoms. The minimum atomic E-state index is -0.658. The van der Waals surface area contributed by atoms with Crippen molar-refractivity contribution in [2.24, 2.45) is 11.8 Å². The predicted molar refractivity (Wildman–Crippen MR) is 121 cm³/mol. The molecule has 0 aliphatic carbocycles. The molecular weight excluding hydrogens is 476 g/mol. The van der Waals surface area contributed by atoms with Crippen molar-refractivity contribution in [1.29, 1.82) is 0 Å². The van der Waals surface area contributed by atoms with Crippen molar-refractivity contribution < 1.29 is 9.59 Å². The van der Waals surface area contributed by atoms with Crippen LogP contribution in [0, 0.1) is 11.8 Å². The van der Waals surface area contributed by atoms with Gasteiger partial charge in [0.05, 0.1) is 6.04 Å². The summed E-state index contributed by atoms with van der Waals surface area (Å²) >= 11 is 25.4. The van der Waals surface area contributed by atoms with Crippen LogP contribution in [0.4, 0.5) is 0 Å². The zero-order valence-corrected chi connectivity index (χ0v) is 20.6. The van der Waals surface area contributed by atoms with Gasteiger partial charge in [-0.05, 0) is 31.1 Å². The zero-order chi connectivity index (χ0) is 21.7. The van der Waals surface area contributed by atoms with Crippen LogP contribution in [-0.4, -0.2) is 55.9 Å². The molecule has 0 saturated carbocycles. The van der Waals surface area contributed by atoms with E-state index in [9.17, 15) is 9.59 Å². The molecule has 0 aromatic carbocycles. The molecule has 1 aromatic heterocycles. The van der Waals surface area contributed by atoms with Crippen molar-refractivity contribution in [1.82, 2.24) is 14.8 Å². The first-order chi connectivity index (χ1) is 13.6. The Labute approximate surface area is 196 Å². The summed E-state index contributed by atoms with van der Waals surface area (Å²) < 4.78 is 0. The van der Waals surface area contributed by atoms with E-state index in [2.05, 4.69) is 4.98 Å². The van der Waals surface area contributed by atoms with Crippen LogP contribution in [0.1, 0.15) is 50.6 Å². The number of hydrogen-bond acceptors (Lipinski definition) is 4. The number of halogens is 4. The van der Waals surface area contributed by atoms with Crippen molar-refractivity contribution in [3.8, 4) is 0 Å². The lowest BCUT2D eigenvalue weighted by molar-refractivity contribution is -0.146. The summed E-state index contributed by atoms with van der Waals surface area (Å²) in [7, 11) is 1.65. The molecule has 1 aromatic rings. The summed E-state index contributed by atoms with van der Waals surface area (Å²) in [6, 6.07) is -0.713. The molecule has 164 valence electrons. The van der Waals surface area contributed by atoms with E-state index >= 15 is 0 Å². The van der Waals surface area contributed by atoms with E-state index in [0.29, 0.717) is 13.0 Å². The van der Waals surface area contributed by atoms with Crippen LogP contribution in [0.15, 0.2) is 11.6 Å². The van der Waals surface area contributed by atoms with Crippen LogP contribution < -0.4 is 0 Å². The number of nitrogens with zero attached hydrogens (tertiary/aromatic N) is 3. The van der Waals surface area contributed by atoms with Crippen LogP contribution in [0.3, 0.4) is 0 Å². The zero-order valence-electron chi connectivity index (χ0n) is 16.7. The summed E-state index contributed by atoms with van der Waals surface area (Å²) in [6.45, 7) is 4.33. The first kappa shape index (κ1) is 25.0. The van der Waals surface area contributed by atoms with E-state index in [1.165, 1.54) is 4.90 Å². The van der Waals surface area contributed by atoms with E-state index in [0.717, 1.165) is 17.8 Å². The maximum absolute atomic E-state index is 13.5. The summed E-state index contributed by atoms with van der Waals surface area (Å²) in [6.07, 6.45) is 4.05. The number of rotatable bonds is 9. The highest BCUT2D eigenvalue weighted by atomic mass is 35.5. The lowest BCUT2D eigenvalue weighted by atomic mass is 9.99. The predicted octanol–water partition coefficient (Wildman–Crippen LogP) is 5.29. The molecule has 2 rings (SSSR count). The Morgan fingerprint density at radius 2 is 1.90 bits per heavy atom. The Morgan fingerprint density at radius 1 is 1.24 bits per heavy atom. The Balaban J connectivity index is 2.22. The maximum Gasteiger partial charge on any atom is 0.245 e. The fraction of sp³-hybridized carbons (Fsp3) is 0.737. The molecule has 29 heavy (non-hydrogen) atoms. The second-order valence-electron chi connectivity index (χ2n) is 7.64. The number of likely N-dealkylation sites (tertiary alicyclic amines) is 1. The van der Waals surface area contributed by atoms with Gasteiger partial charge in [0.1, 0.15) is 20.7 Å². The van der Waals surface area contributed by atoms with E-state index < -0.39 is 15.7 Å². The van der Waals surface area contributed by atoms with E-state index in [-0.39, 0.29) is 36.1 Å². The second kappa shape index (κ2) is 11.4. The van der Waals surface area contributed by atoms with Gasteiger partial charge < -0.3 is 9.80 Å². The molecule has 1 aliphatic rings. The third-order valence-corrected chi connectivity index (χ3v) is 7.97. The molecule has 0 bridgehead atoms. The van der Waals surface area contributed by atoms with Crippen molar-refractivity contribution in [2.75, 3.05) is 13.6 Å². The molecule has 0 radical (unpaired) electrons. The van der Waals surface area contributed by atoms with Gasteiger partial charge in [-0.3, -0.25) is 9.59 Å². The van der Waals surface area contributed by atoms with Gasteiger partial charge in [-0.1, -0.05) is 13.8 Å². The first-order valence-electron chi connectivity index (χ1n) is 9.65. The summed E-state index contributed by atoms with van der Waals surface area (Å²) in [5.41, 5.74) is 0. The average molecular weight is 503 g/mol. The largest absolute Gasteiger partial charge is 0.334 e. The number of thiazole rings is 1. The van der Waals surface area contributed by atoms with Crippen LogP contribution in [0.2, 0.25) is 0 Å². The number of hydrogen-bond donors (Lipinski definition) is 0. The van der Waals surface area contributed by atoms with Gasteiger partial charge in [-0.2, -0.15) is 0 Å². The minimum Gasteiger partial charge on any atom is -0.334 e. The summed E-state index contributed by atoms with van der Waals surface area (Å²) in [5, 5.41) is 2.83. The van der Waals surface area contributed by atoms with Gasteiger partial charge in [0.2, 0.25) is 11.8 Å². The molecule has 1 fully saturated rings. The number of amides is 2. The third kappa shape index (κ3) is 6.60. The molecule has 0 N–H and O–H groups in total. The van der Waals surface area contributed by atoms with Crippen molar-refractivity contribution in [3.05, 3.63) is 16.6 Å². The lowest BCUT2D eigenvalue weighted by Gasteiger charge is -2.35. The Morgan fingerprint density at radius 3 is 2.45 bits per heavy atom. The SMILES string of the molecule is C[C@H](C[C@H](C(=O)N1CCC[C@H]1c1nccs1)N(C)C(=O)C[C@H](C)C(Cl)Cl)C(Cl)Cl. The summed E-state index contributed by atoms with van der Waals surface area (Å²) in [4.78, 5) is 32.8. The smallest absolute Gasteiger partial charge is 0.245 e. The van der Waals surface area contributed by atoms with Crippen molar-refractivity contribution in [2.45, 2.75) is 61.3 Å². The van der Waals surface area contributed by atoms with Gasteiger partial charge in [0, 0.05) is 31.6 Å². The van der Waals surface area contributed by atoms with Crippen LogP contribution >= 0.6 is 57.7 Å². The fourth-order valence-corrected chi connectivity index (χ4v) is 4.61. The van der Waals surface area contributed by atoms with Gasteiger partial charge in [-0.25, -0.2) is 4.98 Å². The Kier molecular flexibility index (Phi) is 9.81. The molecule has 2 heterocycles. The highest BCUT2D eigenvalue weighted by Gasteiger charge is 2.39. The lowest BCUT2D eigenvalue weighted by Crippen LogP contribution is -2.50. The number of carbonyl (C=O) groups is 2.